The SMILES string of the molecule is Cc1cc(F)ccc1-n1ncc(Br)c(Br)c1=O. The van der Waals surface area contributed by atoms with Gasteiger partial charge in [-0.2, -0.15) is 9.78 Å². The summed E-state index contributed by atoms with van der Waals surface area (Å²) in [5, 5.41) is 4.00. The Hall–Kier alpha value is -1.01. The molecule has 0 aliphatic carbocycles. The van der Waals surface area contributed by atoms with Crippen LogP contribution in [0, 0.1) is 12.7 Å². The summed E-state index contributed by atoms with van der Waals surface area (Å²) in [7, 11) is 0. The van der Waals surface area contributed by atoms with Gasteiger partial charge in [-0.15, -0.1) is 0 Å². The van der Waals surface area contributed by atoms with Crippen molar-refractivity contribution in [2.45, 2.75) is 6.92 Å². The molecule has 17 heavy (non-hydrogen) atoms. The van der Waals surface area contributed by atoms with E-state index < -0.39 is 0 Å². The smallest absolute Gasteiger partial charge is 0.266 e. The summed E-state index contributed by atoms with van der Waals surface area (Å²) in [6.45, 7) is 1.72. The lowest BCUT2D eigenvalue weighted by Crippen LogP contribution is -2.22. The molecule has 0 bridgehead atoms. The van der Waals surface area contributed by atoms with E-state index in [-0.39, 0.29) is 11.4 Å². The van der Waals surface area contributed by atoms with Crippen LogP contribution in [0.5, 0.6) is 0 Å². The van der Waals surface area contributed by atoms with Crippen LogP contribution in [0.2, 0.25) is 0 Å². The largest absolute Gasteiger partial charge is 0.286 e. The molecule has 0 saturated carbocycles. The van der Waals surface area contributed by atoms with E-state index in [1.807, 2.05) is 0 Å². The molecular weight excluding hydrogens is 355 g/mol. The first kappa shape index (κ1) is 12.4. The van der Waals surface area contributed by atoms with Crippen LogP contribution in [-0.4, -0.2) is 9.78 Å². The highest BCUT2D eigenvalue weighted by Gasteiger charge is 2.10. The average Bonchev–Trinajstić information content (AvgIpc) is 2.28. The fraction of sp³-hybridized carbons (Fsp3) is 0.0909. The fourth-order valence-electron chi connectivity index (χ4n) is 1.44. The van der Waals surface area contributed by atoms with Gasteiger partial charge < -0.3 is 0 Å². The highest BCUT2D eigenvalue weighted by Crippen LogP contribution is 2.19. The van der Waals surface area contributed by atoms with Crippen LogP contribution in [0.15, 0.2) is 38.1 Å². The zero-order valence-electron chi connectivity index (χ0n) is 8.75. The van der Waals surface area contributed by atoms with Gasteiger partial charge in [0.1, 0.15) is 10.3 Å². The molecule has 0 N–H and O–H groups in total. The molecule has 0 spiro atoms. The summed E-state index contributed by atoms with van der Waals surface area (Å²) in [6.07, 6.45) is 1.51. The van der Waals surface area contributed by atoms with Crippen LogP contribution in [-0.2, 0) is 0 Å². The molecule has 2 aromatic rings. The van der Waals surface area contributed by atoms with E-state index in [1.54, 1.807) is 6.92 Å². The average molecular weight is 362 g/mol. The predicted molar refractivity (Wildman–Crippen MR) is 69.9 cm³/mol. The number of aromatic nitrogens is 2. The van der Waals surface area contributed by atoms with Crippen molar-refractivity contribution in [3.8, 4) is 5.69 Å². The van der Waals surface area contributed by atoms with Crippen molar-refractivity contribution in [3.05, 3.63) is 55.1 Å². The Morgan fingerprint density at radius 3 is 2.71 bits per heavy atom. The van der Waals surface area contributed by atoms with Crippen LogP contribution in [0.3, 0.4) is 0 Å². The molecule has 0 fully saturated rings. The lowest BCUT2D eigenvalue weighted by Gasteiger charge is -2.08. The second kappa shape index (κ2) is 4.70. The van der Waals surface area contributed by atoms with E-state index in [9.17, 15) is 9.18 Å². The third-order valence-corrected chi connectivity index (χ3v) is 4.16. The molecule has 2 rings (SSSR count). The Kier molecular flexibility index (Phi) is 3.44. The Labute approximate surface area is 114 Å². The topological polar surface area (TPSA) is 34.9 Å². The first-order valence-electron chi connectivity index (χ1n) is 4.70. The summed E-state index contributed by atoms with van der Waals surface area (Å²) in [6, 6.07) is 4.19. The molecule has 6 heteroatoms. The minimum Gasteiger partial charge on any atom is -0.266 e. The van der Waals surface area contributed by atoms with E-state index in [4.69, 9.17) is 0 Å². The summed E-state index contributed by atoms with van der Waals surface area (Å²) in [5.41, 5.74) is 0.910. The lowest BCUT2D eigenvalue weighted by molar-refractivity contribution is 0.625. The number of hydrogen-bond donors (Lipinski definition) is 0. The second-order valence-corrected chi connectivity index (χ2v) is 5.10. The number of hydrogen-bond acceptors (Lipinski definition) is 2. The zero-order valence-corrected chi connectivity index (χ0v) is 11.9. The second-order valence-electron chi connectivity index (χ2n) is 3.45. The highest BCUT2D eigenvalue weighted by atomic mass is 79.9. The first-order chi connectivity index (χ1) is 8.00. The minimum atomic E-state index is -0.338. The molecule has 0 aliphatic rings. The lowest BCUT2D eigenvalue weighted by atomic mass is 10.2. The van der Waals surface area contributed by atoms with Crippen LogP contribution < -0.4 is 5.56 Å². The molecular formula is C11H7Br2FN2O. The quantitative estimate of drug-likeness (QED) is 0.781. The molecule has 0 amide bonds. The number of rotatable bonds is 1. The standard InChI is InChI=1S/C11H7Br2FN2O/c1-6-4-7(14)2-3-9(6)16-11(17)10(13)8(12)5-15-16/h2-5H,1H3. The van der Waals surface area contributed by atoms with Crippen molar-refractivity contribution in [2.75, 3.05) is 0 Å². The van der Waals surface area contributed by atoms with Gasteiger partial charge in [0.15, 0.2) is 0 Å². The normalized spacial score (nSPS) is 10.6. The molecule has 0 aliphatic heterocycles. The van der Waals surface area contributed by atoms with Crippen molar-refractivity contribution in [1.82, 2.24) is 9.78 Å². The molecule has 0 saturated heterocycles. The summed E-state index contributed by atoms with van der Waals surface area (Å²) >= 11 is 6.37. The monoisotopic (exact) mass is 360 g/mol. The van der Waals surface area contributed by atoms with Crippen LogP contribution in [0.4, 0.5) is 4.39 Å². The van der Waals surface area contributed by atoms with Crippen molar-refractivity contribution in [3.63, 3.8) is 0 Å². The molecule has 0 radical (unpaired) electrons. The number of halogens is 3. The van der Waals surface area contributed by atoms with E-state index in [1.165, 1.54) is 29.1 Å². The van der Waals surface area contributed by atoms with Gasteiger partial charge in [0.05, 0.1) is 16.4 Å². The Bertz CT molecular complexity index is 640. The van der Waals surface area contributed by atoms with Gasteiger partial charge in [0.25, 0.3) is 5.56 Å². The van der Waals surface area contributed by atoms with Crippen LogP contribution >= 0.6 is 31.9 Å². The zero-order chi connectivity index (χ0) is 12.6. The third-order valence-electron chi connectivity index (χ3n) is 2.26. The maximum atomic E-state index is 13.0. The highest BCUT2D eigenvalue weighted by molar-refractivity contribution is 9.13. The molecule has 1 heterocycles. The molecule has 1 aromatic heterocycles. The van der Waals surface area contributed by atoms with Crippen molar-refractivity contribution in [1.29, 1.82) is 0 Å². The van der Waals surface area contributed by atoms with Gasteiger partial charge in [-0.3, -0.25) is 4.79 Å². The number of nitrogens with zero attached hydrogens (tertiary/aromatic N) is 2. The van der Waals surface area contributed by atoms with E-state index in [0.717, 1.165) is 0 Å². The van der Waals surface area contributed by atoms with Gasteiger partial charge in [-0.05, 0) is 62.5 Å². The third kappa shape index (κ3) is 2.32. The molecule has 88 valence electrons. The molecule has 0 atom stereocenters. The maximum absolute atomic E-state index is 13.0. The van der Waals surface area contributed by atoms with E-state index in [0.29, 0.717) is 20.2 Å². The van der Waals surface area contributed by atoms with Gasteiger partial charge in [0.2, 0.25) is 0 Å². The van der Waals surface area contributed by atoms with Crippen molar-refractivity contribution in [2.24, 2.45) is 0 Å². The summed E-state index contributed by atoms with van der Waals surface area (Å²) in [4.78, 5) is 12.0. The fourth-order valence-corrected chi connectivity index (χ4v) is 1.97. The van der Waals surface area contributed by atoms with Crippen LogP contribution in [0.25, 0.3) is 5.69 Å². The van der Waals surface area contributed by atoms with Gasteiger partial charge >= 0.3 is 0 Å². The number of aryl methyl sites for hydroxylation is 1. The Morgan fingerprint density at radius 2 is 2.06 bits per heavy atom. The summed E-state index contributed by atoms with van der Waals surface area (Å²) < 4.78 is 15.2. The van der Waals surface area contributed by atoms with Gasteiger partial charge in [-0.25, -0.2) is 4.39 Å². The van der Waals surface area contributed by atoms with E-state index in [2.05, 4.69) is 37.0 Å². The molecule has 3 nitrogen and oxygen atoms in total. The van der Waals surface area contributed by atoms with Gasteiger partial charge in [-0.1, -0.05) is 0 Å². The first-order valence-corrected chi connectivity index (χ1v) is 6.29. The summed E-state index contributed by atoms with van der Waals surface area (Å²) in [5.74, 6) is -0.338. The Morgan fingerprint density at radius 1 is 1.35 bits per heavy atom. The van der Waals surface area contributed by atoms with Crippen LogP contribution in [0.1, 0.15) is 5.56 Å². The van der Waals surface area contributed by atoms with Gasteiger partial charge in [0, 0.05) is 0 Å². The maximum Gasteiger partial charge on any atom is 0.286 e. The van der Waals surface area contributed by atoms with Crippen molar-refractivity contribution >= 4 is 31.9 Å². The molecule has 0 unspecified atom stereocenters. The Balaban J connectivity index is 2.70. The van der Waals surface area contributed by atoms with E-state index >= 15 is 0 Å². The van der Waals surface area contributed by atoms with Crippen molar-refractivity contribution < 1.29 is 4.39 Å². The molecule has 1 aromatic carbocycles. The minimum absolute atomic E-state index is 0.297. The predicted octanol–water partition coefficient (Wildman–Crippen LogP) is 3.21. The number of benzene rings is 1.